The summed E-state index contributed by atoms with van der Waals surface area (Å²) in [5, 5.41) is 7.79. The molecule has 0 spiro atoms. The third kappa shape index (κ3) is 5.44. The Balaban J connectivity index is 1.53. The Hall–Kier alpha value is -1.61. The van der Waals surface area contributed by atoms with E-state index in [0.29, 0.717) is 31.9 Å². The summed E-state index contributed by atoms with van der Waals surface area (Å²) in [4.78, 5) is 15.8. The van der Waals surface area contributed by atoms with Crippen molar-refractivity contribution in [2.24, 2.45) is 5.92 Å². The van der Waals surface area contributed by atoms with E-state index in [-0.39, 0.29) is 17.9 Å². The number of hydrogen-bond acceptors (Lipinski definition) is 4. The highest BCUT2D eigenvalue weighted by atomic mass is 19.4. The Morgan fingerprint density at radius 3 is 2.89 bits per heavy atom. The molecule has 1 amide bonds. The SMILES string of the molecule is CCN(CC1CCN(C(=O)c2ccn(C3CCCNC3)n2)C1)CC(F)(F)F. The van der Waals surface area contributed by atoms with Crippen LogP contribution in [0.5, 0.6) is 0 Å². The Morgan fingerprint density at radius 1 is 1.41 bits per heavy atom. The molecule has 2 unspecified atom stereocenters. The van der Waals surface area contributed by atoms with Crippen molar-refractivity contribution < 1.29 is 18.0 Å². The quantitative estimate of drug-likeness (QED) is 0.813. The maximum atomic E-state index is 12.7. The number of hydrogen-bond donors (Lipinski definition) is 1. The summed E-state index contributed by atoms with van der Waals surface area (Å²) >= 11 is 0. The molecule has 27 heavy (non-hydrogen) atoms. The molecule has 0 aliphatic carbocycles. The number of carbonyl (C=O) groups is 1. The molecule has 0 bridgehead atoms. The lowest BCUT2D eigenvalue weighted by atomic mass is 10.1. The largest absolute Gasteiger partial charge is 0.401 e. The second-order valence-corrected chi connectivity index (χ2v) is 7.53. The van der Waals surface area contributed by atoms with Crippen LogP contribution in [0, 0.1) is 5.92 Å². The van der Waals surface area contributed by atoms with Crippen LogP contribution in [0.2, 0.25) is 0 Å². The minimum Gasteiger partial charge on any atom is -0.337 e. The monoisotopic (exact) mass is 387 g/mol. The number of rotatable bonds is 6. The number of likely N-dealkylation sites (tertiary alicyclic amines) is 1. The summed E-state index contributed by atoms with van der Waals surface area (Å²) in [7, 11) is 0. The smallest absolute Gasteiger partial charge is 0.337 e. The highest BCUT2D eigenvalue weighted by Gasteiger charge is 2.34. The number of alkyl halides is 3. The van der Waals surface area contributed by atoms with Gasteiger partial charge in [0, 0.05) is 32.4 Å². The van der Waals surface area contributed by atoms with Crippen LogP contribution in [-0.4, -0.2) is 77.5 Å². The Morgan fingerprint density at radius 2 is 2.22 bits per heavy atom. The van der Waals surface area contributed by atoms with E-state index >= 15 is 0 Å². The molecule has 1 N–H and O–H groups in total. The van der Waals surface area contributed by atoms with Crippen LogP contribution in [0.3, 0.4) is 0 Å². The van der Waals surface area contributed by atoms with Crippen molar-refractivity contribution in [2.45, 2.75) is 38.4 Å². The first-order chi connectivity index (χ1) is 12.9. The van der Waals surface area contributed by atoms with E-state index in [1.807, 2.05) is 10.9 Å². The van der Waals surface area contributed by atoms with Gasteiger partial charge < -0.3 is 10.2 Å². The maximum Gasteiger partial charge on any atom is 0.401 e. The van der Waals surface area contributed by atoms with Crippen LogP contribution in [-0.2, 0) is 0 Å². The van der Waals surface area contributed by atoms with Crippen molar-refractivity contribution in [1.82, 2.24) is 24.9 Å². The van der Waals surface area contributed by atoms with Gasteiger partial charge in [0.1, 0.15) is 5.69 Å². The molecule has 0 radical (unpaired) electrons. The number of piperidine rings is 1. The predicted molar refractivity (Wildman–Crippen MR) is 95.5 cm³/mol. The van der Waals surface area contributed by atoms with Crippen LogP contribution in [0.1, 0.15) is 42.7 Å². The van der Waals surface area contributed by atoms with E-state index in [4.69, 9.17) is 0 Å². The molecule has 152 valence electrons. The van der Waals surface area contributed by atoms with Gasteiger partial charge in [-0.3, -0.25) is 14.4 Å². The fourth-order valence-corrected chi connectivity index (χ4v) is 3.97. The number of halogens is 3. The van der Waals surface area contributed by atoms with Crippen LogP contribution in [0.15, 0.2) is 12.3 Å². The molecule has 9 heteroatoms. The minimum absolute atomic E-state index is 0.0703. The average molecular weight is 387 g/mol. The second kappa shape index (κ2) is 8.60. The molecule has 2 fully saturated rings. The van der Waals surface area contributed by atoms with Gasteiger partial charge >= 0.3 is 6.18 Å². The van der Waals surface area contributed by atoms with Crippen molar-refractivity contribution >= 4 is 5.91 Å². The zero-order valence-corrected chi connectivity index (χ0v) is 15.7. The van der Waals surface area contributed by atoms with Crippen molar-refractivity contribution in [3.63, 3.8) is 0 Å². The number of carbonyl (C=O) groups excluding carboxylic acids is 1. The van der Waals surface area contributed by atoms with Gasteiger partial charge in [0.2, 0.25) is 0 Å². The van der Waals surface area contributed by atoms with E-state index in [1.54, 1.807) is 17.9 Å². The molecule has 3 heterocycles. The van der Waals surface area contributed by atoms with Crippen LogP contribution >= 0.6 is 0 Å². The molecule has 2 saturated heterocycles. The van der Waals surface area contributed by atoms with E-state index in [0.717, 1.165) is 32.4 Å². The van der Waals surface area contributed by atoms with Crippen LogP contribution in [0.25, 0.3) is 0 Å². The van der Waals surface area contributed by atoms with Gasteiger partial charge in [-0.05, 0) is 44.3 Å². The molecular weight excluding hydrogens is 359 g/mol. The van der Waals surface area contributed by atoms with Crippen molar-refractivity contribution in [3.8, 4) is 0 Å². The Bertz CT molecular complexity index is 627. The number of amides is 1. The molecule has 2 aliphatic heterocycles. The second-order valence-electron chi connectivity index (χ2n) is 7.53. The highest BCUT2D eigenvalue weighted by molar-refractivity contribution is 5.92. The van der Waals surface area contributed by atoms with Crippen molar-refractivity contribution in [1.29, 1.82) is 0 Å². The minimum atomic E-state index is -4.19. The lowest BCUT2D eigenvalue weighted by Gasteiger charge is -2.25. The van der Waals surface area contributed by atoms with Gasteiger partial charge in [0.25, 0.3) is 5.91 Å². The van der Waals surface area contributed by atoms with Gasteiger partial charge in [-0.15, -0.1) is 0 Å². The summed E-state index contributed by atoms with van der Waals surface area (Å²) in [6, 6.07) is 2.01. The average Bonchev–Trinajstić information content (AvgIpc) is 3.30. The topological polar surface area (TPSA) is 53.4 Å². The first-order valence-corrected chi connectivity index (χ1v) is 9.70. The number of aromatic nitrogens is 2. The summed E-state index contributed by atoms with van der Waals surface area (Å²) < 4.78 is 39.7. The summed E-state index contributed by atoms with van der Waals surface area (Å²) in [6.07, 6.45) is 0.520. The Kier molecular flexibility index (Phi) is 6.41. The van der Waals surface area contributed by atoms with Crippen LogP contribution in [0.4, 0.5) is 13.2 Å². The third-order valence-corrected chi connectivity index (χ3v) is 5.41. The van der Waals surface area contributed by atoms with Gasteiger partial charge in [-0.2, -0.15) is 18.3 Å². The van der Waals surface area contributed by atoms with Crippen molar-refractivity contribution in [3.05, 3.63) is 18.0 Å². The summed E-state index contributed by atoms with van der Waals surface area (Å²) in [5.41, 5.74) is 0.420. The molecular formula is C18H28F3N5O. The number of nitrogens with one attached hydrogen (secondary N) is 1. The normalized spacial score (nSPS) is 24.0. The third-order valence-electron chi connectivity index (χ3n) is 5.41. The summed E-state index contributed by atoms with van der Waals surface area (Å²) in [6.45, 7) is 4.49. The van der Waals surface area contributed by atoms with Gasteiger partial charge in [0.05, 0.1) is 12.6 Å². The van der Waals surface area contributed by atoms with E-state index < -0.39 is 12.7 Å². The highest BCUT2D eigenvalue weighted by Crippen LogP contribution is 2.23. The van der Waals surface area contributed by atoms with Crippen LogP contribution < -0.4 is 5.32 Å². The zero-order valence-electron chi connectivity index (χ0n) is 15.7. The molecule has 1 aromatic heterocycles. The van der Waals surface area contributed by atoms with Crippen molar-refractivity contribution in [2.75, 3.05) is 45.8 Å². The molecule has 1 aromatic rings. The Labute approximate surface area is 157 Å². The lowest BCUT2D eigenvalue weighted by Crippen LogP contribution is -2.38. The molecule has 3 rings (SSSR count). The molecule has 0 aromatic carbocycles. The standard InChI is InChI=1S/C18H28F3N5O/c1-2-24(13-18(19,20)21)11-14-5-8-25(12-14)17(27)16-6-9-26(23-16)15-4-3-7-22-10-15/h6,9,14-15,22H,2-5,7-8,10-13H2,1H3. The van der Waals surface area contributed by atoms with Gasteiger partial charge in [-0.1, -0.05) is 6.92 Å². The van der Waals surface area contributed by atoms with E-state index in [9.17, 15) is 18.0 Å². The van der Waals surface area contributed by atoms with E-state index in [1.165, 1.54) is 4.90 Å². The molecule has 6 nitrogen and oxygen atoms in total. The fraction of sp³-hybridized carbons (Fsp3) is 0.778. The first-order valence-electron chi connectivity index (χ1n) is 9.70. The zero-order chi connectivity index (χ0) is 19.4. The molecule has 2 aliphatic rings. The lowest BCUT2D eigenvalue weighted by molar-refractivity contribution is -0.146. The maximum absolute atomic E-state index is 12.7. The first kappa shape index (κ1) is 20.1. The predicted octanol–water partition coefficient (Wildman–Crippen LogP) is 2.15. The van der Waals surface area contributed by atoms with E-state index in [2.05, 4.69) is 10.4 Å². The molecule has 0 saturated carbocycles. The fourth-order valence-electron chi connectivity index (χ4n) is 3.97. The van der Waals surface area contributed by atoms with Gasteiger partial charge in [-0.25, -0.2) is 0 Å². The summed E-state index contributed by atoms with van der Waals surface area (Å²) in [5.74, 6) is -0.0558. The van der Waals surface area contributed by atoms with Gasteiger partial charge in [0.15, 0.2) is 0 Å². The number of nitrogens with zero attached hydrogens (tertiary/aromatic N) is 4. The molecule has 2 atom stereocenters.